The number of hydrogen-bond donors (Lipinski definition) is 1. The van der Waals surface area contributed by atoms with Crippen LogP contribution in [-0.4, -0.2) is 18.5 Å². The molecule has 0 saturated carbocycles. The van der Waals surface area contributed by atoms with Crippen LogP contribution in [-0.2, 0) is 27.2 Å². The Morgan fingerprint density at radius 2 is 2.07 bits per heavy atom. The van der Waals surface area contributed by atoms with Crippen molar-refractivity contribution < 1.29 is 14.3 Å². The lowest BCUT2D eigenvalue weighted by Crippen LogP contribution is -2.20. The summed E-state index contributed by atoms with van der Waals surface area (Å²) >= 11 is 3.04. The summed E-state index contributed by atoms with van der Waals surface area (Å²) in [6.45, 7) is 1.62. The van der Waals surface area contributed by atoms with Crippen molar-refractivity contribution in [3.05, 3.63) is 44.0 Å². The number of esters is 1. The van der Waals surface area contributed by atoms with Gasteiger partial charge in [0, 0.05) is 20.7 Å². The van der Waals surface area contributed by atoms with Crippen LogP contribution in [0.3, 0.4) is 0 Å². The molecule has 0 radical (unpaired) electrons. The van der Waals surface area contributed by atoms with Crippen LogP contribution in [0.5, 0.6) is 0 Å². The standard InChI is InChI=1S/C20H20N2O3S2/c1-13-7-8-14(26-13)9-10-19(24)25-12-18(23)22-20-16(11-21)15-5-3-2-4-6-17(15)27-20/h7-10H,2-6,12H2,1H3,(H,22,23)/b10-9+. The number of nitrogens with zero attached hydrogens (tertiary/aromatic N) is 1. The SMILES string of the molecule is Cc1ccc(/C=C/C(=O)OCC(=O)Nc2sc3c(c2C#N)CCCCC3)s1. The molecule has 0 spiro atoms. The molecule has 2 aromatic rings. The highest BCUT2D eigenvalue weighted by Crippen LogP contribution is 2.36. The van der Waals surface area contributed by atoms with Crippen molar-refractivity contribution in [2.24, 2.45) is 0 Å². The second-order valence-corrected chi connectivity index (χ2v) is 8.74. The highest BCUT2D eigenvalue weighted by atomic mass is 32.1. The summed E-state index contributed by atoms with van der Waals surface area (Å²) in [7, 11) is 0. The number of hydrogen-bond acceptors (Lipinski definition) is 6. The number of rotatable bonds is 5. The Balaban J connectivity index is 1.56. The molecule has 140 valence electrons. The molecule has 1 aliphatic carbocycles. The van der Waals surface area contributed by atoms with Gasteiger partial charge in [0.1, 0.15) is 11.1 Å². The first-order chi connectivity index (χ1) is 13.1. The lowest BCUT2D eigenvalue weighted by Gasteiger charge is -2.04. The Morgan fingerprint density at radius 1 is 1.26 bits per heavy atom. The van der Waals surface area contributed by atoms with Gasteiger partial charge in [-0.1, -0.05) is 6.42 Å². The van der Waals surface area contributed by atoms with E-state index in [1.165, 1.54) is 28.7 Å². The van der Waals surface area contributed by atoms with Gasteiger partial charge in [-0.15, -0.1) is 22.7 Å². The molecular formula is C20H20N2O3S2. The van der Waals surface area contributed by atoms with Crippen LogP contribution >= 0.6 is 22.7 Å². The van der Waals surface area contributed by atoms with E-state index in [1.807, 2.05) is 19.1 Å². The normalized spacial score (nSPS) is 13.6. The van der Waals surface area contributed by atoms with E-state index in [4.69, 9.17) is 4.74 Å². The first-order valence-electron chi connectivity index (χ1n) is 8.82. The Morgan fingerprint density at radius 3 is 2.81 bits per heavy atom. The maximum atomic E-state index is 12.1. The maximum absolute atomic E-state index is 12.1. The van der Waals surface area contributed by atoms with Crippen molar-refractivity contribution >= 4 is 45.6 Å². The van der Waals surface area contributed by atoms with E-state index in [0.29, 0.717) is 10.6 Å². The first-order valence-corrected chi connectivity index (χ1v) is 10.5. The number of carbonyl (C=O) groups is 2. The largest absolute Gasteiger partial charge is 0.452 e. The Bertz CT molecular complexity index is 918. The van der Waals surface area contributed by atoms with Gasteiger partial charge in [0.25, 0.3) is 5.91 Å². The minimum Gasteiger partial charge on any atom is -0.452 e. The zero-order valence-corrected chi connectivity index (χ0v) is 16.7. The number of anilines is 1. The maximum Gasteiger partial charge on any atom is 0.331 e. The molecule has 1 amide bonds. The fourth-order valence-corrected chi connectivity index (χ4v) is 5.03. The molecule has 0 atom stereocenters. The minimum absolute atomic E-state index is 0.375. The zero-order chi connectivity index (χ0) is 19.2. The number of carbonyl (C=O) groups excluding carboxylic acids is 2. The van der Waals surface area contributed by atoms with E-state index < -0.39 is 11.9 Å². The van der Waals surface area contributed by atoms with Gasteiger partial charge < -0.3 is 10.1 Å². The Hall–Kier alpha value is -2.43. The second kappa shape index (κ2) is 8.98. The number of aryl methyl sites for hydroxylation is 2. The van der Waals surface area contributed by atoms with Gasteiger partial charge in [-0.3, -0.25) is 4.79 Å². The molecule has 2 aromatic heterocycles. The molecule has 5 nitrogen and oxygen atoms in total. The predicted octanol–water partition coefficient (Wildman–Crippen LogP) is 4.45. The van der Waals surface area contributed by atoms with E-state index in [9.17, 15) is 14.9 Å². The summed E-state index contributed by atoms with van der Waals surface area (Å²) < 4.78 is 4.99. The van der Waals surface area contributed by atoms with Crippen molar-refractivity contribution in [3.63, 3.8) is 0 Å². The van der Waals surface area contributed by atoms with Crippen molar-refractivity contribution in [1.82, 2.24) is 0 Å². The number of nitrogens with one attached hydrogen (secondary N) is 1. The van der Waals surface area contributed by atoms with E-state index in [1.54, 1.807) is 17.4 Å². The molecule has 27 heavy (non-hydrogen) atoms. The van der Waals surface area contributed by atoms with Gasteiger partial charge in [0.2, 0.25) is 0 Å². The van der Waals surface area contributed by atoms with E-state index >= 15 is 0 Å². The summed E-state index contributed by atoms with van der Waals surface area (Å²) in [5, 5.41) is 12.8. The molecule has 0 aliphatic heterocycles. The summed E-state index contributed by atoms with van der Waals surface area (Å²) in [5.41, 5.74) is 1.63. The van der Waals surface area contributed by atoms with E-state index in [-0.39, 0.29) is 6.61 Å². The van der Waals surface area contributed by atoms with Crippen LogP contribution < -0.4 is 5.32 Å². The van der Waals surface area contributed by atoms with E-state index in [2.05, 4.69) is 11.4 Å². The molecule has 2 heterocycles. The molecule has 3 rings (SSSR count). The van der Waals surface area contributed by atoms with Gasteiger partial charge in [-0.2, -0.15) is 5.26 Å². The van der Waals surface area contributed by atoms with Crippen LogP contribution in [0.4, 0.5) is 5.00 Å². The van der Waals surface area contributed by atoms with Crippen LogP contribution in [0.25, 0.3) is 6.08 Å². The van der Waals surface area contributed by atoms with Gasteiger partial charge in [0.05, 0.1) is 5.56 Å². The van der Waals surface area contributed by atoms with Gasteiger partial charge in [-0.05, 0) is 56.4 Å². The molecule has 0 fully saturated rings. The molecule has 1 N–H and O–H groups in total. The van der Waals surface area contributed by atoms with Crippen LogP contribution in [0.15, 0.2) is 18.2 Å². The third-order valence-electron chi connectivity index (χ3n) is 4.28. The third kappa shape index (κ3) is 5.06. The number of nitriles is 1. The first kappa shape index (κ1) is 19.3. The molecule has 1 aliphatic rings. The van der Waals surface area contributed by atoms with Gasteiger partial charge >= 0.3 is 5.97 Å². The average Bonchev–Trinajstić information content (AvgIpc) is 3.13. The molecule has 0 saturated heterocycles. The number of ether oxygens (including phenoxy) is 1. The van der Waals surface area contributed by atoms with Crippen molar-refractivity contribution in [3.8, 4) is 6.07 Å². The van der Waals surface area contributed by atoms with Crippen LogP contribution in [0, 0.1) is 18.3 Å². The van der Waals surface area contributed by atoms with E-state index in [0.717, 1.165) is 41.0 Å². The van der Waals surface area contributed by atoms with Gasteiger partial charge in [0.15, 0.2) is 6.61 Å². The van der Waals surface area contributed by atoms with Crippen LogP contribution in [0.1, 0.15) is 45.0 Å². The highest BCUT2D eigenvalue weighted by molar-refractivity contribution is 7.16. The minimum atomic E-state index is -0.571. The smallest absolute Gasteiger partial charge is 0.331 e. The highest BCUT2D eigenvalue weighted by Gasteiger charge is 2.21. The Kier molecular flexibility index (Phi) is 6.43. The quantitative estimate of drug-likeness (QED) is 0.457. The number of thiophene rings is 2. The lowest BCUT2D eigenvalue weighted by molar-refractivity contribution is -0.142. The molecule has 0 aromatic carbocycles. The predicted molar refractivity (Wildman–Crippen MR) is 108 cm³/mol. The zero-order valence-electron chi connectivity index (χ0n) is 15.0. The van der Waals surface area contributed by atoms with Gasteiger partial charge in [-0.25, -0.2) is 4.79 Å². The number of fused-ring (bicyclic) bond motifs is 1. The summed E-state index contributed by atoms with van der Waals surface area (Å²) in [6, 6.07) is 6.11. The monoisotopic (exact) mass is 400 g/mol. The summed E-state index contributed by atoms with van der Waals surface area (Å²) in [6.07, 6.45) is 8.16. The summed E-state index contributed by atoms with van der Waals surface area (Å²) in [4.78, 5) is 27.2. The van der Waals surface area contributed by atoms with Crippen LogP contribution in [0.2, 0.25) is 0 Å². The second-order valence-electron chi connectivity index (χ2n) is 6.32. The molecule has 0 bridgehead atoms. The molecule has 0 unspecified atom stereocenters. The topological polar surface area (TPSA) is 79.2 Å². The van der Waals surface area contributed by atoms with Crippen molar-refractivity contribution in [2.75, 3.05) is 11.9 Å². The molecule has 7 heteroatoms. The summed E-state index contributed by atoms with van der Waals surface area (Å²) in [5.74, 6) is -1.00. The lowest BCUT2D eigenvalue weighted by atomic mass is 10.1. The molecular weight excluding hydrogens is 380 g/mol. The fourth-order valence-electron chi connectivity index (χ4n) is 2.99. The van der Waals surface area contributed by atoms with Crippen molar-refractivity contribution in [2.45, 2.75) is 39.0 Å². The number of amides is 1. The van der Waals surface area contributed by atoms with Crippen molar-refractivity contribution in [1.29, 1.82) is 5.26 Å². The Labute approximate surface area is 166 Å². The third-order valence-corrected chi connectivity index (χ3v) is 6.45. The fraction of sp³-hybridized carbons (Fsp3) is 0.350. The average molecular weight is 401 g/mol.